The number of halogens is 3. The molecule has 1 aliphatic heterocycles. The van der Waals surface area contributed by atoms with E-state index in [1.165, 1.54) is 32.1 Å². The van der Waals surface area contributed by atoms with Gasteiger partial charge in [0.1, 0.15) is 0 Å². The largest absolute Gasteiger partial charge is 0.419 e. The molecule has 0 spiro atoms. The quantitative estimate of drug-likeness (QED) is 0.866. The number of hydrogen-bond donors (Lipinski definition) is 1. The zero-order valence-electron chi connectivity index (χ0n) is 12.3. The fourth-order valence-corrected chi connectivity index (χ4v) is 3.41. The van der Waals surface area contributed by atoms with Gasteiger partial charge in [0.2, 0.25) is 5.91 Å². The Morgan fingerprint density at radius 3 is 2.48 bits per heavy atom. The van der Waals surface area contributed by atoms with Crippen molar-refractivity contribution < 1.29 is 23.1 Å². The normalized spacial score (nSPS) is 28.1. The van der Waals surface area contributed by atoms with Gasteiger partial charge in [-0.15, -0.1) is 0 Å². The lowest BCUT2D eigenvalue weighted by Gasteiger charge is -2.26. The van der Waals surface area contributed by atoms with E-state index in [9.17, 15) is 23.1 Å². The minimum absolute atomic E-state index is 0.00171. The van der Waals surface area contributed by atoms with E-state index in [1.54, 1.807) is 0 Å². The molecule has 0 bridgehead atoms. The van der Waals surface area contributed by atoms with E-state index in [-0.39, 0.29) is 12.5 Å². The van der Waals surface area contributed by atoms with Gasteiger partial charge in [-0.2, -0.15) is 13.2 Å². The molecule has 2 aliphatic rings. The summed E-state index contributed by atoms with van der Waals surface area (Å²) in [5.74, 6) is 0.420. The lowest BCUT2D eigenvalue weighted by atomic mass is 9.86. The van der Waals surface area contributed by atoms with Crippen LogP contribution >= 0.6 is 0 Å². The van der Waals surface area contributed by atoms with E-state index >= 15 is 0 Å². The molecule has 1 heterocycles. The first-order valence-electron chi connectivity index (χ1n) is 7.89. The molecule has 3 nitrogen and oxygen atoms in total. The van der Waals surface area contributed by atoms with Gasteiger partial charge < -0.3 is 10.0 Å². The Bertz CT molecular complexity index is 366. The van der Waals surface area contributed by atoms with Gasteiger partial charge >= 0.3 is 6.18 Å². The monoisotopic (exact) mass is 307 g/mol. The van der Waals surface area contributed by atoms with E-state index in [1.807, 2.05) is 0 Å². The number of β-amino-alcohol motifs (C(OH)–C–C–N with tert-alkyl or cyclic N) is 1. The van der Waals surface area contributed by atoms with E-state index in [0.29, 0.717) is 12.3 Å². The number of carbonyl (C=O) groups is 1. The lowest BCUT2D eigenvalue weighted by molar-refractivity contribution is -0.253. The van der Waals surface area contributed by atoms with Crippen molar-refractivity contribution in [2.24, 2.45) is 5.92 Å². The maximum Gasteiger partial charge on any atom is 0.419 e. The molecule has 1 atom stereocenters. The molecule has 1 saturated heterocycles. The molecule has 2 fully saturated rings. The molecule has 122 valence electrons. The van der Waals surface area contributed by atoms with Crippen molar-refractivity contribution in [1.82, 2.24) is 4.90 Å². The average Bonchev–Trinajstić information content (AvgIpc) is 2.84. The summed E-state index contributed by atoms with van der Waals surface area (Å²) < 4.78 is 38.1. The second-order valence-electron chi connectivity index (χ2n) is 6.49. The second kappa shape index (κ2) is 6.55. The van der Waals surface area contributed by atoms with E-state index in [2.05, 4.69) is 0 Å². The topological polar surface area (TPSA) is 40.5 Å². The predicted octanol–water partition coefficient (Wildman–Crippen LogP) is 3.26. The van der Waals surface area contributed by atoms with Gasteiger partial charge in [-0.1, -0.05) is 32.1 Å². The first-order valence-corrected chi connectivity index (χ1v) is 7.89. The van der Waals surface area contributed by atoms with Crippen LogP contribution in [0.2, 0.25) is 0 Å². The highest BCUT2D eigenvalue weighted by Crippen LogP contribution is 2.38. The molecule has 0 unspecified atom stereocenters. The second-order valence-corrected chi connectivity index (χ2v) is 6.49. The number of amides is 1. The van der Waals surface area contributed by atoms with Crippen molar-refractivity contribution in [1.29, 1.82) is 0 Å². The first-order chi connectivity index (χ1) is 9.82. The van der Waals surface area contributed by atoms with Gasteiger partial charge in [-0.3, -0.25) is 4.79 Å². The minimum Gasteiger partial charge on any atom is -0.379 e. The van der Waals surface area contributed by atoms with Crippen LogP contribution in [0, 0.1) is 5.92 Å². The van der Waals surface area contributed by atoms with Crippen LogP contribution < -0.4 is 0 Å². The number of nitrogens with zero attached hydrogens (tertiary/aromatic N) is 1. The first kappa shape index (κ1) is 16.6. The van der Waals surface area contributed by atoms with Crippen LogP contribution in [0.25, 0.3) is 0 Å². The molecule has 1 aliphatic carbocycles. The number of hydrogen-bond acceptors (Lipinski definition) is 2. The summed E-state index contributed by atoms with van der Waals surface area (Å²) in [7, 11) is 0. The molecule has 1 N–H and O–H groups in total. The van der Waals surface area contributed by atoms with Crippen molar-refractivity contribution in [2.75, 3.05) is 13.1 Å². The van der Waals surface area contributed by atoms with E-state index in [4.69, 9.17) is 0 Å². The fraction of sp³-hybridized carbons (Fsp3) is 0.933. The van der Waals surface area contributed by atoms with Crippen LogP contribution in [0.1, 0.15) is 57.8 Å². The number of likely N-dealkylation sites (tertiary alicyclic amines) is 1. The Morgan fingerprint density at radius 2 is 1.90 bits per heavy atom. The summed E-state index contributed by atoms with van der Waals surface area (Å²) in [6.45, 7) is -0.614. The Balaban J connectivity index is 1.72. The Morgan fingerprint density at radius 1 is 1.24 bits per heavy atom. The van der Waals surface area contributed by atoms with Crippen LogP contribution in [-0.4, -0.2) is 40.8 Å². The molecular weight excluding hydrogens is 283 g/mol. The van der Waals surface area contributed by atoms with Crippen LogP contribution in [-0.2, 0) is 4.79 Å². The smallest absolute Gasteiger partial charge is 0.379 e. The van der Waals surface area contributed by atoms with Gasteiger partial charge in [0.05, 0.1) is 6.54 Å². The van der Waals surface area contributed by atoms with Crippen molar-refractivity contribution in [2.45, 2.75) is 69.6 Å². The molecule has 0 aromatic rings. The number of alkyl halides is 3. The van der Waals surface area contributed by atoms with E-state index in [0.717, 1.165) is 17.7 Å². The molecule has 1 amide bonds. The zero-order chi connectivity index (χ0) is 15.5. The summed E-state index contributed by atoms with van der Waals surface area (Å²) in [4.78, 5) is 13.1. The van der Waals surface area contributed by atoms with E-state index < -0.39 is 24.7 Å². The van der Waals surface area contributed by atoms with Crippen LogP contribution in [0.4, 0.5) is 13.2 Å². The zero-order valence-corrected chi connectivity index (χ0v) is 12.3. The van der Waals surface area contributed by atoms with Gasteiger partial charge in [-0.05, 0) is 18.8 Å². The third-order valence-electron chi connectivity index (χ3n) is 4.86. The molecule has 0 aromatic carbocycles. The summed E-state index contributed by atoms with van der Waals surface area (Å²) in [6, 6.07) is 0. The maximum atomic E-state index is 12.7. The van der Waals surface area contributed by atoms with Gasteiger partial charge in [-0.25, -0.2) is 0 Å². The molecular formula is C15H24F3NO2. The summed E-state index contributed by atoms with van der Waals surface area (Å²) in [5.41, 5.74) is -2.72. The maximum absolute atomic E-state index is 12.7. The van der Waals surface area contributed by atoms with Crippen molar-refractivity contribution >= 4 is 5.91 Å². The fourth-order valence-electron chi connectivity index (χ4n) is 3.41. The molecule has 2 rings (SSSR count). The van der Waals surface area contributed by atoms with Crippen molar-refractivity contribution in [3.8, 4) is 0 Å². The standard InChI is InChI=1S/C15H24F3NO2/c16-15(17,18)14(21)9-10-19(11-14)13(20)8-4-7-12-5-2-1-3-6-12/h12,21H,1-11H2/t14-/m0/s1. The molecule has 0 radical (unpaired) electrons. The van der Waals surface area contributed by atoms with Crippen LogP contribution in [0.15, 0.2) is 0 Å². The SMILES string of the molecule is O=C(CCCC1CCCCC1)N1CC[C@@](O)(C(F)(F)F)C1. The van der Waals surface area contributed by atoms with Crippen LogP contribution in [0.3, 0.4) is 0 Å². The highest BCUT2D eigenvalue weighted by atomic mass is 19.4. The third kappa shape index (κ3) is 4.11. The number of aliphatic hydroxyl groups is 1. The molecule has 1 saturated carbocycles. The van der Waals surface area contributed by atoms with Crippen molar-refractivity contribution in [3.63, 3.8) is 0 Å². The van der Waals surface area contributed by atoms with Gasteiger partial charge in [0.25, 0.3) is 0 Å². The minimum atomic E-state index is -4.66. The third-order valence-corrected chi connectivity index (χ3v) is 4.86. The lowest BCUT2D eigenvalue weighted by Crippen LogP contribution is -2.48. The Hall–Kier alpha value is -0.780. The molecule has 6 heteroatoms. The predicted molar refractivity (Wildman–Crippen MR) is 72.6 cm³/mol. The highest BCUT2D eigenvalue weighted by Gasteiger charge is 2.57. The molecule has 21 heavy (non-hydrogen) atoms. The highest BCUT2D eigenvalue weighted by molar-refractivity contribution is 5.76. The molecule has 0 aromatic heterocycles. The van der Waals surface area contributed by atoms with Gasteiger partial charge in [0, 0.05) is 19.4 Å². The number of rotatable bonds is 4. The number of carbonyl (C=O) groups excluding carboxylic acids is 1. The van der Waals surface area contributed by atoms with Crippen molar-refractivity contribution in [3.05, 3.63) is 0 Å². The van der Waals surface area contributed by atoms with Crippen LogP contribution in [0.5, 0.6) is 0 Å². The summed E-state index contributed by atoms with van der Waals surface area (Å²) >= 11 is 0. The Kier molecular flexibility index (Phi) is 5.17. The summed E-state index contributed by atoms with van der Waals surface area (Å²) in [6.07, 6.45) is 3.18. The summed E-state index contributed by atoms with van der Waals surface area (Å²) in [5, 5.41) is 9.56. The average molecular weight is 307 g/mol. The van der Waals surface area contributed by atoms with Gasteiger partial charge in [0.15, 0.2) is 5.60 Å². The Labute approximate surface area is 123 Å².